The molecule has 0 amide bonds. The fourth-order valence-electron chi connectivity index (χ4n) is 2.26. The number of hydrogen-bond donors (Lipinski definition) is 3. The number of β-amino-alcohol motifs (C(OH)–C–C–N with tert-alkyl or cyclic N) is 2. The Bertz CT molecular complexity index is 225. The highest BCUT2D eigenvalue weighted by Crippen LogP contribution is 2.24. The molecule has 0 saturated carbocycles. The average molecular weight is 244 g/mol. The molecule has 0 radical (unpaired) electrons. The Morgan fingerprint density at radius 3 is 2.24 bits per heavy atom. The third kappa shape index (κ3) is 4.54. The minimum absolute atomic E-state index is 0.202. The van der Waals surface area contributed by atoms with E-state index >= 15 is 0 Å². The fraction of sp³-hybridized carbons (Fsp3) is 1.00. The van der Waals surface area contributed by atoms with Crippen LogP contribution in [0.25, 0.3) is 0 Å². The van der Waals surface area contributed by atoms with Gasteiger partial charge in [-0.1, -0.05) is 27.7 Å². The number of hydrogen-bond acceptors (Lipinski definition) is 4. The summed E-state index contributed by atoms with van der Waals surface area (Å²) >= 11 is 0. The summed E-state index contributed by atoms with van der Waals surface area (Å²) in [5, 5.41) is 22.6. The molecule has 102 valence electrons. The highest BCUT2D eigenvalue weighted by atomic mass is 16.3. The first-order chi connectivity index (χ1) is 7.86. The third-order valence-corrected chi connectivity index (χ3v) is 3.73. The molecule has 0 spiro atoms. The van der Waals surface area contributed by atoms with E-state index < -0.39 is 12.2 Å². The van der Waals surface area contributed by atoms with E-state index in [-0.39, 0.29) is 5.41 Å². The van der Waals surface area contributed by atoms with Crippen LogP contribution in [0.15, 0.2) is 0 Å². The molecule has 17 heavy (non-hydrogen) atoms. The van der Waals surface area contributed by atoms with Gasteiger partial charge in [0, 0.05) is 32.2 Å². The fourth-order valence-corrected chi connectivity index (χ4v) is 2.26. The van der Waals surface area contributed by atoms with Crippen LogP contribution >= 0.6 is 0 Å². The van der Waals surface area contributed by atoms with Gasteiger partial charge < -0.3 is 15.5 Å². The topological polar surface area (TPSA) is 55.7 Å². The van der Waals surface area contributed by atoms with Gasteiger partial charge in [-0.25, -0.2) is 0 Å². The zero-order chi connectivity index (χ0) is 13.1. The quantitative estimate of drug-likeness (QED) is 0.634. The Morgan fingerprint density at radius 2 is 1.82 bits per heavy atom. The molecule has 1 aliphatic rings. The van der Waals surface area contributed by atoms with Crippen LogP contribution in [0.2, 0.25) is 0 Å². The number of aliphatic hydroxyl groups excluding tert-OH is 2. The van der Waals surface area contributed by atoms with E-state index in [1.54, 1.807) is 0 Å². The van der Waals surface area contributed by atoms with Crippen molar-refractivity contribution >= 4 is 0 Å². The van der Waals surface area contributed by atoms with Crippen LogP contribution in [0.1, 0.15) is 34.1 Å². The zero-order valence-electron chi connectivity index (χ0n) is 11.6. The molecule has 1 heterocycles. The second-order valence-corrected chi connectivity index (χ2v) is 6.03. The van der Waals surface area contributed by atoms with Crippen LogP contribution < -0.4 is 5.32 Å². The van der Waals surface area contributed by atoms with E-state index in [4.69, 9.17) is 0 Å². The normalized spacial score (nSPS) is 29.8. The van der Waals surface area contributed by atoms with Crippen molar-refractivity contribution in [1.82, 2.24) is 10.2 Å². The van der Waals surface area contributed by atoms with Crippen molar-refractivity contribution < 1.29 is 10.2 Å². The molecule has 1 saturated heterocycles. The van der Waals surface area contributed by atoms with Gasteiger partial charge in [-0.15, -0.1) is 0 Å². The summed E-state index contributed by atoms with van der Waals surface area (Å²) in [7, 11) is 0. The van der Waals surface area contributed by atoms with Gasteiger partial charge in [0.2, 0.25) is 0 Å². The summed E-state index contributed by atoms with van der Waals surface area (Å²) in [5.41, 5.74) is 0.202. The van der Waals surface area contributed by atoms with Gasteiger partial charge in [-0.2, -0.15) is 0 Å². The third-order valence-electron chi connectivity index (χ3n) is 3.73. The lowest BCUT2D eigenvalue weighted by Gasteiger charge is -2.33. The van der Waals surface area contributed by atoms with Gasteiger partial charge in [-0.05, 0) is 11.8 Å². The number of nitrogens with one attached hydrogen (secondary N) is 1. The van der Waals surface area contributed by atoms with Crippen molar-refractivity contribution in [3.63, 3.8) is 0 Å². The summed E-state index contributed by atoms with van der Waals surface area (Å²) in [6.45, 7) is 11.9. The molecule has 4 nitrogen and oxygen atoms in total. The van der Waals surface area contributed by atoms with E-state index in [1.807, 2.05) is 0 Å². The van der Waals surface area contributed by atoms with Crippen molar-refractivity contribution in [2.75, 3.05) is 26.2 Å². The van der Waals surface area contributed by atoms with E-state index in [0.29, 0.717) is 19.1 Å². The van der Waals surface area contributed by atoms with Gasteiger partial charge in [-0.3, -0.25) is 4.90 Å². The van der Waals surface area contributed by atoms with Crippen LogP contribution in [-0.2, 0) is 0 Å². The van der Waals surface area contributed by atoms with Crippen molar-refractivity contribution in [2.24, 2.45) is 5.41 Å². The molecule has 0 aromatic heterocycles. The highest BCUT2D eigenvalue weighted by molar-refractivity contribution is 4.88. The van der Waals surface area contributed by atoms with Gasteiger partial charge in [0.25, 0.3) is 0 Å². The number of aliphatic hydroxyl groups is 2. The standard InChI is InChI=1S/C13H28N2O2/c1-5-13(4,8-14-10(2)3)9-15-6-11(16)12(17)7-15/h10-12,14,16-17H,5-9H2,1-4H3. The molecular formula is C13H28N2O2. The molecule has 1 aliphatic heterocycles. The van der Waals surface area contributed by atoms with E-state index in [9.17, 15) is 10.2 Å². The van der Waals surface area contributed by atoms with Crippen LogP contribution in [0, 0.1) is 5.41 Å². The second-order valence-electron chi connectivity index (χ2n) is 6.03. The Kier molecular flexibility index (Phi) is 5.38. The lowest BCUT2D eigenvalue weighted by atomic mass is 9.86. The van der Waals surface area contributed by atoms with Crippen molar-refractivity contribution in [3.8, 4) is 0 Å². The van der Waals surface area contributed by atoms with E-state index in [0.717, 1.165) is 19.5 Å². The van der Waals surface area contributed by atoms with Crippen LogP contribution in [-0.4, -0.2) is 59.5 Å². The molecule has 0 bridgehead atoms. The van der Waals surface area contributed by atoms with E-state index in [2.05, 4.69) is 37.9 Å². The maximum atomic E-state index is 9.55. The van der Waals surface area contributed by atoms with Crippen LogP contribution in [0.4, 0.5) is 0 Å². The molecule has 0 aromatic rings. The maximum absolute atomic E-state index is 9.55. The molecular weight excluding hydrogens is 216 g/mol. The Hall–Kier alpha value is -0.160. The monoisotopic (exact) mass is 244 g/mol. The molecule has 3 atom stereocenters. The first-order valence-electron chi connectivity index (χ1n) is 6.68. The van der Waals surface area contributed by atoms with Gasteiger partial charge in [0.15, 0.2) is 0 Å². The Labute approximate surface area is 105 Å². The predicted molar refractivity (Wildman–Crippen MR) is 70.0 cm³/mol. The summed E-state index contributed by atoms with van der Waals surface area (Å²) in [6, 6.07) is 0.496. The lowest BCUT2D eigenvalue weighted by molar-refractivity contribution is 0.0572. The molecule has 1 fully saturated rings. The molecule has 3 N–H and O–H groups in total. The van der Waals surface area contributed by atoms with Crippen LogP contribution in [0.3, 0.4) is 0 Å². The van der Waals surface area contributed by atoms with Gasteiger partial charge in [0.1, 0.15) is 0 Å². The van der Waals surface area contributed by atoms with Gasteiger partial charge >= 0.3 is 0 Å². The zero-order valence-corrected chi connectivity index (χ0v) is 11.6. The Morgan fingerprint density at radius 1 is 1.29 bits per heavy atom. The van der Waals surface area contributed by atoms with E-state index in [1.165, 1.54) is 0 Å². The molecule has 3 unspecified atom stereocenters. The maximum Gasteiger partial charge on any atom is 0.0938 e. The van der Waals surface area contributed by atoms with Crippen LogP contribution in [0.5, 0.6) is 0 Å². The second kappa shape index (κ2) is 6.14. The molecule has 0 aromatic carbocycles. The Balaban J connectivity index is 2.45. The van der Waals surface area contributed by atoms with Crippen molar-refractivity contribution in [3.05, 3.63) is 0 Å². The first kappa shape index (κ1) is 14.9. The summed E-state index contributed by atoms with van der Waals surface area (Å²) in [5.74, 6) is 0. The summed E-state index contributed by atoms with van der Waals surface area (Å²) in [4.78, 5) is 2.17. The molecule has 0 aliphatic carbocycles. The summed E-state index contributed by atoms with van der Waals surface area (Å²) in [6.07, 6.45) is -0.0570. The molecule has 4 heteroatoms. The van der Waals surface area contributed by atoms with Gasteiger partial charge in [0.05, 0.1) is 12.2 Å². The van der Waals surface area contributed by atoms with Crippen molar-refractivity contribution in [2.45, 2.75) is 52.4 Å². The highest BCUT2D eigenvalue weighted by Gasteiger charge is 2.34. The predicted octanol–water partition coefficient (Wildman–Crippen LogP) is 0.438. The minimum Gasteiger partial charge on any atom is -0.389 e. The largest absolute Gasteiger partial charge is 0.389 e. The summed E-state index contributed by atoms with van der Waals surface area (Å²) < 4.78 is 0. The number of likely N-dealkylation sites (tertiary alicyclic amines) is 1. The average Bonchev–Trinajstić information content (AvgIpc) is 2.55. The minimum atomic E-state index is -0.575. The SMILES string of the molecule is CCC(C)(CNC(C)C)CN1CC(O)C(O)C1. The first-order valence-corrected chi connectivity index (χ1v) is 6.68. The number of nitrogens with zero attached hydrogens (tertiary/aromatic N) is 1. The lowest BCUT2D eigenvalue weighted by Crippen LogP contribution is -2.43. The molecule has 1 rings (SSSR count). The van der Waals surface area contributed by atoms with Crippen molar-refractivity contribution in [1.29, 1.82) is 0 Å². The number of rotatable bonds is 6. The smallest absolute Gasteiger partial charge is 0.0938 e.